The number of epoxide rings is 1. The molecule has 3 N–H and O–H groups in total. The predicted octanol–water partition coefficient (Wildman–Crippen LogP) is 2.45. The molecule has 0 aromatic carbocycles. The molecular weight excluding hydrogens is 440 g/mol. The average molecular weight is 475 g/mol. The summed E-state index contributed by atoms with van der Waals surface area (Å²) in [6.45, 7) is 5.96. The number of methoxy groups -OCH3 is 1. The fourth-order valence-electron chi connectivity index (χ4n) is 4.43. The summed E-state index contributed by atoms with van der Waals surface area (Å²) in [7, 11) is 1.56. The molecule has 0 bridgehead atoms. The van der Waals surface area contributed by atoms with E-state index in [4.69, 9.17) is 18.6 Å². The molecule has 0 aliphatic carbocycles. The van der Waals surface area contributed by atoms with Crippen LogP contribution in [-0.2, 0) is 9.47 Å². The largest absolute Gasteiger partial charge is 0.481 e. The summed E-state index contributed by atoms with van der Waals surface area (Å²) in [6, 6.07) is 3.60. The Morgan fingerprint density at radius 2 is 1.97 bits per heavy atom. The van der Waals surface area contributed by atoms with Gasteiger partial charge in [-0.05, 0) is 38.8 Å². The molecule has 2 aliphatic rings. The van der Waals surface area contributed by atoms with Gasteiger partial charge in [0.05, 0.1) is 50.4 Å². The van der Waals surface area contributed by atoms with Gasteiger partial charge in [-0.2, -0.15) is 0 Å². The molecule has 0 radical (unpaired) electrons. The van der Waals surface area contributed by atoms with Gasteiger partial charge in [-0.25, -0.2) is 9.97 Å². The van der Waals surface area contributed by atoms with Crippen molar-refractivity contribution < 1.29 is 33.9 Å². The number of pyridine rings is 1. The summed E-state index contributed by atoms with van der Waals surface area (Å²) in [4.78, 5) is 8.47. The van der Waals surface area contributed by atoms with Crippen LogP contribution in [0.2, 0.25) is 0 Å². The number of nitrogens with zero attached hydrogens (tertiary/aromatic N) is 2. The number of hydrogen-bond acceptors (Lipinski definition) is 9. The molecule has 4 heterocycles. The highest BCUT2D eigenvalue weighted by molar-refractivity contribution is 5.57. The third-order valence-corrected chi connectivity index (χ3v) is 6.82. The number of aromatic nitrogens is 2. The lowest BCUT2D eigenvalue weighted by Gasteiger charge is -2.38. The minimum atomic E-state index is -1.00. The maximum Gasteiger partial charge on any atom is 0.219 e. The molecule has 2 fully saturated rings. The normalized spacial score (nSPS) is 31.2. The molecule has 9 heteroatoms. The van der Waals surface area contributed by atoms with E-state index in [1.807, 2.05) is 19.9 Å². The maximum atomic E-state index is 10.7. The van der Waals surface area contributed by atoms with E-state index < -0.39 is 24.4 Å². The van der Waals surface area contributed by atoms with E-state index in [0.717, 1.165) is 11.1 Å². The summed E-state index contributed by atoms with van der Waals surface area (Å²) in [5, 5.41) is 31.1. The molecule has 2 saturated heterocycles. The molecule has 4 rings (SSSR count). The second-order valence-corrected chi connectivity index (χ2v) is 9.43. The summed E-state index contributed by atoms with van der Waals surface area (Å²) in [5.41, 5.74) is 1.70. The van der Waals surface area contributed by atoms with Gasteiger partial charge >= 0.3 is 0 Å². The second kappa shape index (κ2) is 10.5. The highest BCUT2D eigenvalue weighted by Gasteiger charge is 2.48. The van der Waals surface area contributed by atoms with Gasteiger partial charge in [-0.15, -0.1) is 0 Å². The van der Waals surface area contributed by atoms with Crippen molar-refractivity contribution in [3.05, 3.63) is 36.0 Å². The molecule has 8 atom stereocenters. The first-order valence-corrected chi connectivity index (χ1v) is 11.7. The van der Waals surface area contributed by atoms with Crippen molar-refractivity contribution in [1.82, 2.24) is 9.97 Å². The Labute approximate surface area is 199 Å². The van der Waals surface area contributed by atoms with Crippen LogP contribution < -0.4 is 4.74 Å². The Kier molecular flexibility index (Phi) is 7.69. The summed E-state index contributed by atoms with van der Waals surface area (Å²) in [5.74, 6) is 1.38. The third-order valence-electron chi connectivity index (χ3n) is 6.82. The average Bonchev–Trinajstić information content (AvgIpc) is 3.44. The van der Waals surface area contributed by atoms with E-state index in [1.165, 1.54) is 0 Å². The first-order chi connectivity index (χ1) is 16.3. The van der Waals surface area contributed by atoms with Crippen LogP contribution in [0.5, 0.6) is 5.88 Å². The summed E-state index contributed by atoms with van der Waals surface area (Å²) < 4.78 is 22.5. The smallest absolute Gasteiger partial charge is 0.219 e. The molecule has 0 spiro atoms. The molecular formula is C25H34N2O7. The van der Waals surface area contributed by atoms with E-state index in [-0.39, 0.29) is 24.0 Å². The Morgan fingerprint density at radius 3 is 2.65 bits per heavy atom. The van der Waals surface area contributed by atoms with Gasteiger partial charge in [0.25, 0.3) is 0 Å². The second-order valence-electron chi connectivity index (χ2n) is 9.43. The van der Waals surface area contributed by atoms with Crippen LogP contribution in [0.25, 0.3) is 17.4 Å². The number of ether oxygens (including phenoxy) is 3. The molecule has 2 aliphatic heterocycles. The van der Waals surface area contributed by atoms with Crippen molar-refractivity contribution >= 4 is 6.08 Å². The van der Waals surface area contributed by atoms with Gasteiger partial charge < -0.3 is 33.9 Å². The Hall–Kier alpha value is -2.30. The van der Waals surface area contributed by atoms with Gasteiger partial charge in [0, 0.05) is 29.7 Å². The molecule has 2 aromatic heterocycles. The van der Waals surface area contributed by atoms with Crippen LogP contribution >= 0.6 is 0 Å². The predicted molar refractivity (Wildman–Crippen MR) is 124 cm³/mol. The first kappa shape index (κ1) is 24.8. The molecule has 0 saturated carbocycles. The summed E-state index contributed by atoms with van der Waals surface area (Å²) >= 11 is 0. The molecule has 0 amide bonds. The van der Waals surface area contributed by atoms with Crippen LogP contribution in [0.15, 0.2) is 34.5 Å². The number of rotatable bonds is 9. The van der Waals surface area contributed by atoms with Gasteiger partial charge in [0.15, 0.2) is 5.76 Å². The zero-order valence-corrected chi connectivity index (χ0v) is 20.0. The van der Waals surface area contributed by atoms with Crippen LogP contribution in [-0.4, -0.2) is 75.6 Å². The Bertz CT molecular complexity index is 974. The molecule has 9 nitrogen and oxygen atoms in total. The number of hydrogen-bond donors (Lipinski definition) is 3. The van der Waals surface area contributed by atoms with Gasteiger partial charge in [-0.3, -0.25) is 0 Å². The summed E-state index contributed by atoms with van der Waals surface area (Å²) in [6.07, 6.45) is 3.25. The Balaban J connectivity index is 1.30. The van der Waals surface area contributed by atoms with Crippen molar-refractivity contribution in [2.75, 3.05) is 13.7 Å². The topological polar surface area (TPSA) is 131 Å². The van der Waals surface area contributed by atoms with E-state index in [1.54, 1.807) is 38.6 Å². The van der Waals surface area contributed by atoms with Crippen molar-refractivity contribution in [2.24, 2.45) is 11.8 Å². The molecule has 0 unspecified atom stereocenters. The van der Waals surface area contributed by atoms with Crippen molar-refractivity contribution in [3.63, 3.8) is 0 Å². The highest BCUT2D eigenvalue weighted by atomic mass is 16.6. The van der Waals surface area contributed by atoms with E-state index in [2.05, 4.69) is 9.97 Å². The zero-order valence-electron chi connectivity index (χ0n) is 20.0. The number of oxazole rings is 1. The van der Waals surface area contributed by atoms with Crippen LogP contribution in [0.4, 0.5) is 0 Å². The highest BCUT2D eigenvalue weighted by Crippen LogP contribution is 2.38. The molecule has 2 aromatic rings. The third kappa shape index (κ3) is 5.67. The van der Waals surface area contributed by atoms with Crippen molar-refractivity contribution in [1.29, 1.82) is 0 Å². The van der Waals surface area contributed by atoms with E-state index >= 15 is 0 Å². The van der Waals surface area contributed by atoms with Gasteiger partial charge in [-0.1, -0.05) is 12.5 Å². The number of aliphatic hydroxyl groups is 3. The van der Waals surface area contributed by atoms with Crippen LogP contribution in [0, 0.1) is 11.8 Å². The van der Waals surface area contributed by atoms with Crippen molar-refractivity contribution in [2.45, 2.75) is 70.2 Å². The lowest BCUT2D eigenvalue weighted by atomic mass is 9.85. The molecule has 186 valence electrons. The lowest BCUT2D eigenvalue weighted by molar-refractivity contribution is -0.165. The van der Waals surface area contributed by atoms with Gasteiger partial charge in [0.2, 0.25) is 11.8 Å². The Morgan fingerprint density at radius 1 is 1.18 bits per heavy atom. The van der Waals surface area contributed by atoms with E-state index in [9.17, 15) is 15.3 Å². The van der Waals surface area contributed by atoms with Crippen LogP contribution in [0.1, 0.15) is 39.5 Å². The van der Waals surface area contributed by atoms with Crippen LogP contribution in [0.3, 0.4) is 0 Å². The van der Waals surface area contributed by atoms with Gasteiger partial charge in [0.1, 0.15) is 6.10 Å². The minimum absolute atomic E-state index is 0.00775. The standard InChI is InChI=1S/C25H34N2O7/c1-13(8-22-27-11-20(33-22)16-5-6-21(31-4)26-10-16)7-18-24(30)23(29)17(12-32-18)9-19-25(34-19)14(2)15(3)28/h5-6,8,10-11,14-15,17-19,23-25,28-30H,7,9,12H2,1-4H3/b13-8+/t14-,15-,17-,18-,19-,23+,24-,25-/m0/s1. The maximum absolute atomic E-state index is 10.7. The quantitative estimate of drug-likeness (QED) is 0.469. The monoisotopic (exact) mass is 474 g/mol. The molecule has 34 heavy (non-hydrogen) atoms. The SMILES string of the molecule is COc1ccc(-c2cnc(/C=C(\C)C[C@@H]3OC[C@H](C[C@@H]4O[C@H]4[C@@H](C)[C@H](C)O)[C@@H](O)[C@H]3O)o2)cn1. The fourth-order valence-corrected chi connectivity index (χ4v) is 4.43. The van der Waals surface area contributed by atoms with E-state index in [0.29, 0.717) is 37.0 Å². The first-order valence-electron chi connectivity index (χ1n) is 11.7. The fraction of sp³-hybridized carbons (Fsp3) is 0.600. The minimum Gasteiger partial charge on any atom is -0.481 e. The lowest BCUT2D eigenvalue weighted by Crippen LogP contribution is -2.50. The van der Waals surface area contributed by atoms with Crippen molar-refractivity contribution in [3.8, 4) is 17.2 Å². The zero-order chi connectivity index (χ0) is 24.4. The number of aliphatic hydroxyl groups excluding tert-OH is 3.